The predicted molar refractivity (Wildman–Crippen MR) is 123 cm³/mol. The molecular formula is C22H23N5OS2. The number of pyridine rings is 1. The molecule has 0 bridgehead atoms. The second-order valence-corrected chi connectivity index (χ2v) is 9.47. The topological polar surface area (TPSA) is 78.9 Å². The van der Waals surface area contributed by atoms with Gasteiger partial charge in [0.15, 0.2) is 11.0 Å². The van der Waals surface area contributed by atoms with E-state index in [-0.39, 0.29) is 6.10 Å². The average Bonchev–Trinajstić information content (AvgIpc) is 3.47. The molecule has 0 unspecified atom stereocenters. The summed E-state index contributed by atoms with van der Waals surface area (Å²) in [6.07, 6.45) is 4.14. The Morgan fingerprint density at radius 3 is 3.00 bits per heavy atom. The zero-order valence-corrected chi connectivity index (χ0v) is 18.4. The van der Waals surface area contributed by atoms with Gasteiger partial charge in [0.2, 0.25) is 0 Å². The van der Waals surface area contributed by atoms with Gasteiger partial charge >= 0.3 is 0 Å². The number of nitrogens with two attached hydrogens (primary N) is 1. The lowest BCUT2D eigenvalue weighted by Crippen LogP contribution is -2.16. The average molecular weight is 438 g/mol. The number of aromatic nitrogens is 4. The van der Waals surface area contributed by atoms with Crippen LogP contribution in [-0.2, 0) is 17.0 Å². The van der Waals surface area contributed by atoms with Crippen molar-refractivity contribution < 1.29 is 4.74 Å². The molecule has 30 heavy (non-hydrogen) atoms. The maximum Gasteiger partial charge on any atom is 0.191 e. The lowest BCUT2D eigenvalue weighted by atomic mass is 10.2. The van der Waals surface area contributed by atoms with Crippen molar-refractivity contribution in [2.75, 3.05) is 12.3 Å². The normalized spacial score (nSPS) is 16.5. The van der Waals surface area contributed by atoms with Crippen molar-refractivity contribution in [3.8, 4) is 10.7 Å². The van der Waals surface area contributed by atoms with E-state index in [1.165, 1.54) is 11.1 Å². The van der Waals surface area contributed by atoms with Crippen LogP contribution in [0.4, 0.5) is 5.69 Å². The largest absolute Gasteiger partial charge is 0.397 e. The first kappa shape index (κ1) is 19.5. The van der Waals surface area contributed by atoms with Crippen LogP contribution >= 0.6 is 23.1 Å². The minimum atomic E-state index is 0.187. The van der Waals surface area contributed by atoms with Gasteiger partial charge in [0.25, 0.3) is 0 Å². The fourth-order valence-corrected chi connectivity index (χ4v) is 5.73. The zero-order valence-electron chi connectivity index (χ0n) is 16.7. The molecule has 4 heterocycles. The van der Waals surface area contributed by atoms with Crippen LogP contribution in [0.3, 0.4) is 0 Å². The quantitative estimate of drug-likeness (QED) is 0.432. The predicted octanol–water partition coefficient (Wildman–Crippen LogP) is 4.92. The molecule has 1 fully saturated rings. The van der Waals surface area contributed by atoms with Crippen molar-refractivity contribution in [3.05, 3.63) is 53.7 Å². The number of nitrogen functional groups attached to an aromatic ring is 1. The van der Waals surface area contributed by atoms with Crippen LogP contribution in [0, 0.1) is 6.92 Å². The molecule has 5 rings (SSSR count). The number of hydrogen-bond donors (Lipinski definition) is 1. The Morgan fingerprint density at radius 2 is 2.20 bits per heavy atom. The van der Waals surface area contributed by atoms with Crippen LogP contribution in [0.25, 0.3) is 20.9 Å². The lowest BCUT2D eigenvalue weighted by molar-refractivity contribution is 0.0953. The molecule has 1 aliphatic heterocycles. The summed E-state index contributed by atoms with van der Waals surface area (Å²) in [5.41, 5.74) is 9.75. The van der Waals surface area contributed by atoms with Gasteiger partial charge in [-0.2, -0.15) is 0 Å². The molecule has 8 heteroatoms. The summed E-state index contributed by atoms with van der Waals surface area (Å²) in [7, 11) is 0. The Morgan fingerprint density at radius 1 is 1.27 bits per heavy atom. The molecule has 0 aliphatic carbocycles. The fourth-order valence-electron chi connectivity index (χ4n) is 3.79. The lowest BCUT2D eigenvalue weighted by Gasteiger charge is -2.14. The Hall–Kier alpha value is -2.42. The fraction of sp³-hybridized carbons (Fsp3) is 0.318. The van der Waals surface area contributed by atoms with E-state index in [2.05, 4.69) is 50.9 Å². The van der Waals surface area contributed by atoms with E-state index in [1.807, 2.05) is 12.1 Å². The first-order chi connectivity index (χ1) is 14.7. The third-order valence-electron chi connectivity index (χ3n) is 5.29. The summed E-state index contributed by atoms with van der Waals surface area (Å²) >= 11 is 3.27. The third kappa shape index (κ3) is 3.82. The zero-order chi connectivity index (χ0) is 20.5. The maximum atomic E-state index is 6.49. The number of benzene rings is 1. The van der Waals surface area contributed by atoms with Crippen molar-refractivity contribution in [1.82, 2.24) is 19.7 Å². The Kier molecular flexibility index (Phi) is 5.45. The van der Waals surface area contributed by atoms with Crippen LogP contribution in [-0.4, -0.2) is 32.5 Å². The van der Waals surface area contributed by atoms with Gasteiger partial charge in [0, 0.05) is 23.9 Å². The molecule has 0 saturated carbocycles. The molecule has 0 amide bonds. The molecule has 154 valence electrons. The molecule has 6 nitrogen and oxygen atoms in total. The molecule has 1 aliphatic rings. The van der Waals surface area contributed by atoms with E-state index in [0.29, 0.717) is 0 Å². The number of thiophene rings is 1. The maximum absolute atomic E-state index is 6.49. The molecule has 1 aromatic carbocycles. The number of rotatable bonds is 6. The van der Waals surface area contributed by atoms with Crippen LogP contribution in [0.1, 0.15) is 24.0 Å². The summed E-state index contributed by atoms with van der Waals surface area (Å²) in [4.78, 5) is 6.31. The molecule has 4 aromatic rings. The molecule has 0 spiro atoms. The first-order valence-electron chi connectivity index (χ1n) is 10.1. The van der Waals surface area contributed by atoms with Gasteiger partial charge in [-0.05, 0) is 37.5 Å². The Labute approximate surface area is 183 Å². The van der Waals surface area contributed by atoms with E-state index >= 15 is 0 Å². The Bertz CT molecular complexity index is 1180. The highest BCUT2D eigenvalue weighted by molar-refractivity contribution is 7.98. The number of thioether (sulfide) groups is 1. The van der Waals surface area contributed by atoms with Crippen LogP contribution in [0.15, 0.2) is 47.8 Å². The molecular weight excluding hydrogens is 414 g/mol. The van der Waals surface area contributed by atoms with Crippen molar-refractivity contribution in [3.63, 3.8) is 0 Å². The van der Waals surface area contributed by atoms with Crippen LogP contribution in [0.2, 0.25) is 0 Å². The SMILES string of the molecule is Cc1cccc(CSc2nnc(-c3sc4ncccc4c3N)n2C[C@H]2CCCO2)c1. The highest BCUT2D eigenvalue weighted by atomic mass is 32.2. The molecule has 2 N–H and O–H groups in total. The van der Waals surface area contributed by atoms with Gasteiger partial charge in [-0.1, -0.05) is 41.6 Å². The molecule has 3 aromatic heterocycles. The minimum Gasteiger partial charge on any atom is -0.397 e. The number of ether oxygens (including phenoxy) is 1. The van der Waals surface area contributed by atoms with Crippen molar-refractivity contribution in [2.24, 2.45) is 0 Å². The second kappa shape index (κ2) is 8.37. The minimum absolute atomic E-state index is 0.187. The smallest absolute Gasteiger partial charge is 0.191 e. The van der Waals surface area contributed by atoms with Crippen molar-refractivity contribution in [2.45, 2.75) is 43.3 Å². The van der Waals surface area contributed by atoms with E-state index in [1.54, 1.807) is 29.3 Å². The number of anilines is 1. The van der Waals surface area contributed by atoms with Crippen LogP contribution < -0.4 is 5.73 Å². The van der Waals surface area contributed by atoms with Crippen molar-refractivity contribution in [1.29, 1.82) is 0 Å². The van der Waals surface area contributed by atoms with Gasteiger partial charge in [-0.25, -0.2) is 4.98 Å². The molecule has 1 atom stereocenters. The molecule has 1 saturated heterocycles. The number of nitrogens with zero attached hydrogens (tertiary/aromatic N) is 4. The summed E-state index contributed by atoms with van der Waals surface area (Å²) < 4.78 is 8.09. The van der Waals surface area contributed by atoms with Gasteiger partial charge in [0.05, 0.1) is 23.2 Å². The highest BCUT2D eigenvalue weighted by Crippen LogP contribution is 2.40. The second-order valence-electron chi connectivity index (χ2n) is 7.53. The van der Waals surface area contributed by atoms with Crippen molar-refractivity contribution >= 4 is 39.0 Å². The Balaban J connectivity index is 1.50. The standard InChI is InChI=1S/C22H23N5OS2/c1-14-5-2-6-15(11-14)13-29-22-26-25-20(27(22)12-16-7-4-10-28-16)19-18(23)17-8-3-9-24-21(17)30-19/h2-3,5-6,8-9,11,16H,4,7,10,12-13,23H2,1H3/t16-/m1/s1. The molecule has 0 radical (unpaired) electrons. The van der Waals surface area contributed by atoms with Gasteiger partial charge in [-0.15, -0.1) is 21.5 Å². The van der Waals surface area contributed by atoms with E-state index in [0.717, 1.165) is 63.5 Å². The van der Waals surface area contributed by atoms with Crippen LogP contribution in [0.5, 0.6) is 0 Å². The number of hydrogen-bond acceptors (Lipinski definition) is 7. The van der Waals surface area contributed by atoms with Gasteiger partial charge in [0.1, 0.15) is 4.83 Å². The first-order valence-corrected chi connectivity index (χ1v) is 11.9. The third-order valence-corrected chi connectivity index (χ3v) is 7.45. The van der Waals surface area contributed by atoms with E-state index < -0.39 is 0 Å². The van der Waals surface area contributed by atoms with E-state index in [9.17, 15) is 0 Å². The summed E-state index contributed by atoms with van der Waals surface area (Å²) in [6, 6.07) is 12.5. The summed E-state index contributed by atoms with van der Waals surface area (Å²) in [5.74, 6) is 1.65. The number of aryl methyl sites for hydroxylation is 1. The van der Waals surface area contributed by atoms with Gasteiger partial charge < -0.3 is 10.5 Å². The number of fused-ring (bicyclic) bond motifs is 1. The summed E-state index contributed by atoms with van der Waals surface area (Å²) in [5, 5.41) is 11.0. The van der Waals surface area contributed by atoms with E-state index in [4.69, 9.17) is 10.5 Å². The monoisotopic (exact) mass is 437 g/mol. The highest BCUT2D eigenvalue weighted by Gasteiger charge is 2.24. The van der Waals surface area contributed by atoms with Gasteiger partial charge in [-0.3, -0.25) is 4.57 Å². The summed E-state index contributed by atoms with van der Waals surface area (Å²) in [6.45, 7) is 3.67.